The summed E-state index contributed by atoms with van der Waals surface area (Å²) in [5.41, 5.74) is -0.553. The summed E-state index contributed by atoms with van der Waals surface area (Å²) in [5.74, 6) is -0.385. The van der Waals surface area contributed by atoms with E-state index in [9.17, 15) is 18.0 Å². The molecule has 1 heterocycles. The summed E-state index contributed by atoms with van der Waals surface area (Å²) in [6.45, 7) is 1.47. The highest BCUT2D eigenvalue weighted by Crippen LogP contribution is 2.34. The Balaban J connectivity index is 1.78. The molecule has 0 radical (unpaired) electrons. The molecule has 1 N–H and O–H groups in total. The van der Waals surface area contributed by atoms with E-state index in [0.717, 1.165) is 15.3 Å². The third kappa shape index (κ3) is 4.33. The summed E-state index contributed by atoms with van der Waals surface area (Å²) in [7, 11) is 0. The van der Waals surface area contributed by atoms with Crippen LogP contribution in [0.5, 0.6) is 0 Å². The minimum Gasteiger partial charge on any atom is -0.324 e. The van der Waals surface area contributed by atoms with E-state index in [0.29, 0.717) is 11.4 Å². The van der Waals surface area contributed by atoms with Crippen LogP contribution in [0.4, 0.5) is 18.9 Å². The second kappa shape index (κ2) is 7.47. The molecule has 2 aromatic carbocycles. The third-order valence-electron chi connectivity index (χ3n) is 3.75. The first-order valence-corrected chi connectivity index (χ1v) is 8.57. The van der Waals surface area contributed by atoms with Crippen LogP contribution in [0.2, 0.25) is 0 Å². The van der Waals surface area contributed by atoms with E-state index in [1.54, 1.807) is 24.3 Å². The quantitative estimate of drug-likeness (QED) is 0.656. The van der Waals surface area contributed by atoms with Crippen LogP contribution >= 0.6 is 15.9 Å². The van der Waals surface area contributed by atoms with Crippen molar-refractivity contribution in [3.05, 3.63) is 58.6 Å². The standard InChI is InChI=1S/C17H13BrF3N5O/c1-10(16(27)22-14-5-3-2-4-13(14)17(19,20)21)26-24-15(23-25-26)11-6-8-12(18)9-7-11/h2-10H,1H3,(H,22,27). The van der Waals surface area contributed by atoms with Gasteiger partial charge in [0.05, 0.1) is 11.3 Å². The fourth-order valence-electron chi connectivity index (χ4n) is 2.29. The highest BCUT2D eigenvalue weighted by Gasteiger charge is 2.34. The van der Waals surface area contributed by atoms with Crippen LogP contribution in [-0.2, 0) is 11.0 Å². The molecule has 0 aliphatic carbocycles. The van der Waals surface area contributed by atoms with Crippen molar-refractivity contribution in [3.63, 3.8) is 0 Å². The number of rotatable bonds is 4. The van der Waals surface area contributed by atoms with Crippen molar-refractivity contribution in [2.45, 2.75) is 19.1 Å². The predicted molar refractivity (Wildman–Crippen MR) is 95.7 cm³/mol. The van der Waals surface area contributed by atoms with E-state index in [2.05, 4.69) is 36.7 Å². The SMILES string of the molecule is CC(C(=O)Nc1ccccc1C(F)(F)F)n1nnc(-c2ccc(Br)cc2)n1. The highest BCUT2D eigenvalue weighted by molar-refractivity contribution is 9.10. The van der Waals surface area contributed by atoms with Crippen LogP contribution in [0.1, 0.15) is 18.5 Å². The maximum atomic E-state index is 13.0. The van der Waals surface area contributed by atoms with Gasteiger partial charge < -0.3 is 5.32 Å². The number of tetrazole rings is 1. The number of aromatic nitrogens is 4. The Morgan fingerprint density at radius 1 is 1.15 bits per heavy atom. The van der Waals surface area contributed by atoms with Gasteiger partial charge in [-0.1, -0.05) is 28.1 Å². The van der Waals surface area contributed by atoms with E-state index >= 15 is 0 Å². The molecule has 27 heavy (non-hydrogen) atoms. The van der Waals surface area contributed by atoms with E-state index < -0.39 is 23.7 Å². The summed E-state index contributed by atoms with van der Waals surface area (Å²) < 4.78 is 40.0. The Labute approximate surface area is 160 Å². The zero-order valence-corrected chi connectivity index (χ0v) is 15.5. The average Bonchev–Trinajstić information content (AvgIpc) is 3.11. The Morgan fingerprint density at radius 2 is 1.81 bits per heavy atom. The Hall–Kier alpha value is -2.75. The predicted octanol–water partition coefficient (Wildman–Crippen LogP) is 4.32. The number of nitrogens with zero attached hydrogens (tertiary/aromatic N) is 4. The van der Waals surface area contributed by atoms with Crippen molar-refractivity contribution >= 4 is 27.5 Å². The number of nitrogens with one attached hydrogen (secondary N) is 1. The molecule has 6 nitrogen and oxygen atoms in total. The van der Waals surface area contributed by atoms with Crippen molar-refractivity contribution in [1.82, 2.24) is 20.2 Å². The number of hydrogen-bond donors (Lipinski definition) is 1. The Morgan fingerprint density at radius 3 is 2.48 bits per heavy atom. The Bertz CT molecular complexity index is 956. The summed E-state index contributed by atoms with van der Waals surface area (Å²) in [4.78, 5) is 13.4. The zero-order chi connectivity index (χ0) is 19.6. The lowest BCUT2D eigenvalue weighted by Gasteiger charge is -2.15. The number of carbonyl (C=O) groups is 1. The third-order valence-corrected chi connectivity index (χ3v) is 4.28. The lowest BCUT2D eigenvalue weighted by molar-refractivity contribution is -0.137. The first-order chi connectivity index (χ1) is 12.8. The summed E-state index contributed by atoms with van der Waals surface area (Å²) in [5, 5.41) is 14.1. The van der Waals surface area contributed by atoms with Crippen molar-refractivity contribution < 1.29 is 18.0 Å². The molecule has 0 bridgehead atoms. The Kier molecular flexibility index (Phi) is 5.26. The van der Waals surface area contributed by atoms with Gasteiger partial charge in [0, 0.05) is 10.0 Å². The minimum atomic E-state index is -4.58. The van der Waals surface area contributed by atoms with Crippen LogP contribution in [0.3, 0.4) is 0 Å². The second-order valence-corrected chi connectivity index (χ2v) is 6.56. The average molecular weight is 440 g/mol. The molecule has 3 rings (SSSR count). The van der Waals surface area contributed by atoms with Crippen molar-refractivity contribution in [2.75, 3.05) is 5.32 Å². The number of hydrogen-bond acceptors (Lipinski definition) is 4. The smallest absolute Gasteiger partial charge is 0.324 e. The van der Waals surface area contributed by atoms with Gasteiger partial charge in [-0.05, 0) is 48.5 Å². The van der Waals surface area contributed by atoms with Crippen LogP contribution in [0.25, 0.3) is 11.4 Å². The summed E-state index contributed by atoms with van der Waals surface area (Å²) in [6.07, 6.45) is -4.58. The van der Waals surface area contributed by atoms with Gasteiger partial charge in [0.25, 0.3) is 5.91 Å². The maximum absolute atomic E-state index is 13.0. The normalized spacial score (nSPS) is 12.6. The number of anilines is 1. The maximum Gasteiger partial charge on any atom is 0.418 e. The first kappa shape index (κ1) is 19.0. The molecule has 1 unspecified atom stereocenters. The summed E-state index contributed by atoms with van der Waals surface area (Å²) in [6, 6.07) is 11.0. The first-order valence-electron chi connectivity index (χ1n) is 7.78. The van der Waals surface area contributed by atoms with Crippen LogP contribution in [0.15, 0.2) is 53.0 Å². The van der Waals surface area contributed by atoms with E-state index in [4.69, 9.17) is 0 Å². The monoisotopic (exact) mass is 439 g/mol. The molecular formula is C17H13BrF3N5O. The minimum absolute atomic E-state index is 0.304. The number of para-hydroxylation sites is 1. The number of benzene rings is 2. The molecule has 0 aliphatic rings. The van der Waals surface area contributed by atoms with Crippen molar-refractivity contribution in [3.8, 4) is 11.4 Å². The molecular weight excluding hydrogens is 427 g/mol. The fraction of sp³-hybridized carbons (Fsp3) is 0.176. The highest BCUT2D eigenvalue weighted by atomic mass is 79.9. The van der Waals surface area contributed by atoms with E-state index in [-0.39, 0.29) is 5.69 Å². The summed E-state index contributed by atoms with van der Waals surface area (Å²) >= 11 is 3.32. The van der Waals surface area contributed by atoms with Gasteiger partial charge in [-0.2, -0.15) is 18.0 Å². The van der Waals surface area contributed by atoms with Crippen LogP contribution in [-0.4, -0.2) is 26.1 Å². The molecule has 0 fully saturated rings. The van der Waals surface area contributed by atoms with E-state index in [1.165, 1.54) is 25.1 Å². The van der Waals surface area contributed by atoms with Gasteiger partial charge in [-0.15, -0.1) is 10.2 Å². The van der Waals surface area contributed by atoms with Gasteiger partial charge in [-0.3, -0.25) is 4.79 Å². The van der Waals surface area contributed by atoms with Gasteiger partial charge in [0.15, 0.2) is 0 Å². The van der Waals surface area contributed by atoms with Gasteiger partial charge in [0.1, 0.15) is 6.04 Å². The molecule has 1 amide bonds. The van der Waals surface area contributed by atoms with Crippen LogP contribution < -0.4 is 5.32 Å². The molecule has 0 aliphatic heterocycles. The number of carbonyl (C=O) groups excluding carboxylic acids is 1. The van der Waals surface area contributed by atoms with Crippen molar-refractivity contribution in [1.29, 1.82) is 0 Å². The molecule has 10 heteroatoms. The molecule has 140 valence electrons. The van der Waals surface area contributed by atoms with Crippen LogP contribution in [0, 0.1) is 0 Å². The van der Waals surface area contributed by atoms with E-state index in [1.807, 2.05) is 0 Å². The molecule has 1 aromatic heterocycles. The second-order valence-electron chi connectivity index (χ2n) is 5.65. The molecule has 3 aromatic rings. The van der Waals surface area contributed by atoms with Crippen molar-refractivity contribution in [2.24, 2.45) is 0 Å². The molecule has 0 saturated carbocycles. The number of amides is 1. The number of alkyl halides is 3. The van der Waals surface area contributed by atoms with Gasteiger partial charge in [0.2, 0.25) is 5.82 Å². The molecule has 1 atom stereocenters. The van der Waals surface area contributed by atoms with Gasteiger partial charge in [-0.25, -0.2) is 0 Å². The largest absolute Gasteiger partial charge is 0.418 e. The lowest BCUT2D eigenvalue weighted by Crippen LogP contribution is -2.26. The fourth-order valence-corrected chi connectivity index (χ4v) is 2.55. The molecule has 0 saturated heterocycles. The molecule has 0 spiro atoms. The zero-order valence-electron chi connectivity index (χ0n) is 13.9. The van der Waals surface area contributed by atoms with Gasteiger partial charge >= 0.3 is 6.18 Å². The number of halogens is 4. The lowest BCUT2D eigenvalue weighted by atomic mass is 10.1. The topological polar surface area (TPSA) is 72.7 Å².